The molecule has 0 saturated heterocycles. The number of benzene rings is 1. The van der Waals surface area contributed by atoms with E-state index in [0.717, 1.165) is 12.8 Å². The molecular weight excluding hydrogens is 258 g/mol. The van der Waals surface area contributed by atoms with E-state index in [0.29, 0.717) is 16.8 Å². The topological polar surface area (TPSA) is 90.3 Å². The Balaban J connectivity index is 2.21. The van der Waals surface area contributed by atoms with Crippen LogP contribution in [0, 0.1) is 0 Å². The summed E-state index contributed by atoms with van der Waals surface area (Å²) in [6.07, 6.45) is 1.90. The van der Waals surface area contributed by atoms with Crippen molar-refractivity contribution < 1.29 is 9.21 Å². The molecule has 1 unspecified atom stereocenters. The van der Waals surface area contributed by atoms with Gasteiger partial charge in [0, 0.05) is 11.7 Å². The Morgan fingerprint density at radius 3 is 2.95 bits per heavy atom. The van der Waals surface area contributed by atoms with Crippen molar-refractivity contribution >= 4 is 22.7 Å². The highest BCUT2D eigenvalue weighted by atomic mass is 16.4. The summed E-state index contributed by atoms with van der Waals surface area (Å²) in [7, 11) is 0. The Morgan fingerprint density at radius 1 is 1.50 bits per heavy atom. The first-order valence-electron chi connectivity index (χ1n) is 6.69. The molecule has 0 fully saturated rings. The molecule has 0 aliphatic rings. The van der Waals surface area contributed by atoms with Crippen LogP contribution in [0.2, 0.25) is 0 Å². The number of amides is 1. The first-order chi connectivity index (χ1) is 9.51. The summed E-state index contributed by atoms with van der Waals surface area (Å²) in [6, 6.07) is 4.99. The molecule has 1 aromatic carbocycles. The van der Waals surface area contributed by atoms with Gasteiger partial charge in [0.25, 0.3) is 0 Å². The lowest BCUT2D eigenvalue weighted by Gasteiger charge is -2.12. The third-order valence-corrected chi connectivity index (χ3v) is 3.12. The molecule has 1 atom stereocenters. The summed E-state index contributed by atoms with van der Waals surface area (Å²) in [4.78, 5) is 23.7. The van der Waals surface area contributed by atoms with E-state index >= 15 is 0 Å². The molecule has 6 heteroatoms. The summed E-state index contributed by atoms with van der Waals surface area (Å²) in [5.41, 5.74) is 7.18. The van der Waals surface area contributed by atoms with E-state index in [4.69, 9.17) is 10.2 Å². The van der Waals surface area contributed by atoms with Crippen molar-refractivity contribution in [3.8, 4) is 0 Å². The molecule has 3 N–H and O–H groups in total. The van der Waals surface area contributed by atoms with Gasteiger partial charge in [0.05, 0.1) is 5.52 Å². The Hall–Kier alpha value is -2.24. The number of hydrogen-bond donors (Lipinski definition) is 2. The van der Waals surface area contributed by atoms with E-state index in [1.54, 1.807) is 18.2 Å². The first-order valence-corrected chi connectivity index (χ1v) is 6.69. The minimum Gasteiger partial charge on any atom is -0.408 e. The van der Waals surface area contributed by atoms with Crippen LogP contribution in [0.1, 0.15) is 26.7 Å². The van der Waals surface area contributed by atoms with Gasteiger partial charge in [0.15, 0.2) is 5.58 Å². The minimum absolute atomic E-state index is 0.0661. The van der Waals surface area contributed by atoms with Gasteiger partial charge in [-0.15, -0.1) is 0 Å². The molecule has 2 aromatic rings. The highest BCUT2D eigenvalue weighted by Crippen LogP contribution is 2.16. The number of nitrogens with two attached hydrogens (primary N) is 1. The molecule has 1 heterocycles. The number of nitrogens with one attached hydrogen (secondary N) is 1. The van der Waals surface area contributed by atoms with E-state index in [9.17, 15) is 9.59 Å². The SMILES string of the molecule is CCCC(C)NC(=O)Cn1c(=O)oc2ccc(N)cc21. The number of nitrogens with zero attached hydrogens (tertiary/aromatic N) is 1. The fourth-order valence-corrected chi connectivity index (χ4v) is 2.20. The van der Waals surface area contributed by atoms with Gasteiger partial charge in [0.1, 0.15) is 6.54 Å². The van der Waals surface area contributed by atoms with Gasteiger partial charge in [-0.05, 0) is 31.5 Å². The largest absolute Gasteiger partial charge is 0.420 e. The number of anilines is 1. The number of aromatic nitrogens is 1. The lowest BCUT2D eigenvalue weighted by Crippen LogP contribution is -2.36. The Bertz CT molecular complexity index is 672. The molecule has 0 radical (unpaired) electrons. The average Bonchev–Trinajstić information content (AvgIpc) is 2.66. The predicted octanol–water partition coefficient (Wildman–Crippen LogP) is 1.48. The van der Waals surface area contributed by atoms with Gasteiger partial charge >= 0.3 is 5.76 Å². The third-order valence-electron chi connectivity index (χ3n) is 3.12. The maximum absolute atomic E-state index is 11.9. The van der Waals surface area contributed by atoms with Gasteiger partial charge < -0.3 is 15.5 Å². The summed E-state index contributed by atoms with van der Waals surface area (Å²) in [5.74, 6) is -0.762. The second kappa shape index (κ2) is 5.81. The number of oxazole rings is 1. The van der Waals surface area contributed by atoms with Crippen LogP contribution in [0.25, 0.3) is 11.1 Å². The average molecular weight is 277 g/mol. The molecule has 1 amide bonds. The summed E-state index contributed by atoms with van der Waals surface area (Å²) in [5, 5.41) is 2.85. The molecule has 108 valence electrons. The standard InChI is InChI=1S/C14H19N3O3/c1-3-4-9(2)16-13(18)8-17-11-7-10(15)5-6-12(11)20-14(17)19/h5-7,9H,3-4,8,15H2,1-2H3,(H,16,18). The second-order valence-corrected chi connectivity index (χ2v) is 4.94. The molecule has 0 aliphatic carbocycles. The van der Waals surface area contributed by atoms with Crippen LogP contribution in [-0.2, 0) is 11.3 Å². The van der Waals surface area contributed by atoms with Crippen LogP contribution in [0.4, 0.5) is 5.69 Å². The van der Waals surface area contributed by atoms with Crippen LogP contribution >= 0.6 is 0 Å². The van der Waals surface area contributed by atoms with Gasteiger partial charge in [0.2, 0.25) is 5.91 Å². The second-order valence-electron chi connectivity index (χ2n) is 4.94. The number of hydrogen-bond acceptors (Lipinski definition) is 4. The van der Waals surface area contributed by atoms with E-state index in [2.05, 4.69) is 12.2 Å². The number of carbonyl (C=O) groups is 1. The molecule has 0 aliphatic heterocycles. The molecular formula is C14H19N3O3. The zero-order chi connectivity index (χ0) is 14.7. The van der Waals surface area contributed by atoms with Crippen molar-refractivity contribution in [1.82, 2.24) is 9.88 Å². The van der Waals surface area contributed by atoms with Crippen LogP contribution in [-0.4, -0.2) is 16.5 Å². The lowest BCUT2D eigenvalue weighted by molar-refractivity contribution is -0.122. The molecule has 1 aromatic heterocycles. The van der Waals surface area contributed by atoms with Gasteiger partial charge in [-0.2, -0.15) is 0 Å². The van der Waals surface area contributed by atoms with Crippen LogP contribution in [0.15, 0.2) is 27.4 Å². The van der Waals surface area contributed by atoms with Crippen LogP contribution in [0.5, 0.6) is 0 Å². The molecule has 0 spiro atoms. The van der Waals surface area contributed by atoms with Gasteiger partial charge in [-0.3, -0.25) is 9.36 Å². The molecule has 0 bridgehead atoms. The van der Waals surface area contributed by atoms with E-state index in [1.807, 2.05) is 6.92 Å². The highest BCUT2D eigenvalue weighted by Gasteiger charge is 2.14. The van der Waals surface area contributed by atoms with Crippen molar-refractivity contribution in [3.63, 3.8) is 0 Å². The van der Waals surface area contributed by atoms with Crippen molar-refractivity contribution in [2.45, 2.75) is 39.3 Å². The summed E-state index contributed by atoms with van der Waals surface area (Å²) < 4.78 is 6.37. The normalized spacial score (nSPS) is 12.5. The quantitative estimate of drug-likeness (QED) is 0.810. The fraction of sp³-hybridized carbons (Fsp3) is 0.429. The van der Waals surface area contributed by atoms with Crippen molar-refractivity contribution in [2.24, 2.45) is 0 Å². The van der Waals surface area contributed by atoms with E-state index < -0.39 is 5.76 Å². The summed E-state index contributed by atoms with van der Waals surface area (Å²) >= 11 is 0. The zero-order valence-electron chi connectivity index (χ0n) is 11.7. The molecule has 2 rings (SSSR count). The predicted molar refractivity (Wildman–Crippen MR) is 77.4 cm³/mol. The monoisotopic (exact) mass is 277 g/mol. The Morgan fingerprint density at radius 2 is 2.25 bits per heavy atom. The maximum atomic E-state index is 11.9. The van der Waals surface area contributed by atoms with Crippen molar-refractivity contribution in [2.75, 3.05) is 5.73 Å². The maximum Gasteiger partial charge on any atom is 0.420 e. The number of nitrogen functional groups attached to an aromatic ring is 1. The van der Waals surface area contributed by atoms with Crippen molar-refractivity contribution in [3.05, 3.63) is 28.7 Å². The minimum atomic E-state index is -0.552. The highest BCUT2D eigenvalue weighted by molar-refractivity contribution is 5.81. The number of rotatable bonds is 5. The van der Waals surface area contributed by atoms with E-state index in [-0.39, 0.29) is 18.5 Å². The van der Waals surface area contributed by atoms with Crippen molar-refractivity contribution in [1.29, 1.82) is 0 Å². The van der Waals surface area contributed by atoms with Crippen LogP contribution < -0.4 is 16.8 Å². The molecule has 20 heavy (non-hydrogen) atoms. The number of fused-ring (bicyclic) bond motifs is 1. The van der Waals surface area contributed by atoms with E-state index in [1.165, 1.54) is 4.57 Å². The lowest BCUT2D eigenvalue weighted by atomic mass is 10.2. The van der Waals surface area contributed by atoms with Gasteiger partial charge in [-0.1, -0.05) is 13.3 Å². The third kappa shape index (κ3) is 3.01. The van der Waals surface area contributed by atoms with Gasteiger partial charge in [-0.25, -0.2) is 4.79 Å². The zero-order valence-corrected chi connectivity index (χ0v) is 11.7. The molecule has 0 saturated carbocycles. The smallest absolute Gasteiger partial charge is 0.408 e. The summed E-state index contributed by atoms with van der Waals surface area (Å²) in [6.45, 7) is 3.93. The fourth-order valence-electron chi connectivity index (χ4n) is 2.20. The molecule has 6 nitrogen and oxygen atoms in total. The Labute approximate surface area is 116 Å². The van der Waals surface area contributed by atoms with Crippen LogP contribution in [0.3, 0.4) is 0 Å². The Kier molecular flexibility index (Phi) is 4.12. The first kappa shape index (κ1) is 14.2. The number of carbonyl (C=O) groups excluding carboxylic acids is 1.